The van der Waals surface area contributed by atoms with E-state index in [1.54, 1.807) is 14.0 Å². The van der Waals surface area contributed by atoms with Crippen LogP contribution < -0.4 is 26.6 Å². The van der Waals surface area contributed by atoms with Crippen molar-refractivity contribution in [2.24, 2.45) is 0 Å². The van der Waals surface area contributed by atoms with Crippen molar-refractivity contribution in [1.29, 1.82) is 0 Å². The third kappa shape index (κ3) is 13.3. The van der Waals surface area contributed by atoms with Gasteiger partial charge in [-0.25, -0.2) is 9.80 Å². The SMILES string of the molecule is C=C(C(=O)NCCNC(=O)CC(CC(=O)NCCNC(=O)C(=C)N1C(=O)C=CC1=O)NC)N1C(=O)C=CC1=O.CCOC(C)C(C)=O. The Labute approximate surface area is 271 Å². The monoisotopic (exact) mass is 659 g/mol. The van der Waals surface area contributed by atoms with E-state index in [4.69, 9.17) is 4.74 Å². The second kappa shape index (κ2) is 20.0. The highest BCUT2D eigenvalue weighted by Gasteiger charge is 2.30. The first-order valence-corrected chi connectivity index (χ1v) is 14.5. The number of carbonyl (C=O) groups is 9. The van der Waals surface area contributed by atoms with E-state index in [-0.39, 0.29) is 62.3 Å². The van der Waals surface area contributed by atoms with Crippen LogP contribution in [0.3, 0.4) is 0 Å². The van der Waals surface area contributed by atoms with Gasteiger partial charge in [-0.2, -0.15) is 0 Å². The Morgan fingerprint density at radius 2 is 1.04 bits per heavy atom. The molecule has 2 rings (SSSR count). The van der Waals surface area contributed by atoms with Gasteiger partial charge >= 0.3 is 0 Å². The van der Waals surface area contributed by atoms with Crippen LogP contribution in [0.15, 0.2) is 48.9 Å². The quantitative estimate of drug-likeness (QED) is 0.0597. The first-order valence-electron chi connectivity index (χ1n) is 14.5. The molecule has 5 N–H and O–H groups in total. The minimum atomic E-state index is -0.741. The zero-order valence-corrected chi connectivity index (χ0v) is 26.8. The lowest BCUT2D eigenvalue weighted by atomic mass is 10.1. The average molecular weight is 660 g/mol. The molecule has 0 fully saturated rings. The molecule has 0 spiro atoms. The van der Waals surface area contributed by atoms with Crippen molar-refractivity contribution in [3.63, 3.8) is 0 Å². The molecule has 17 nitrogen and oxygen atoms in total. The number of nitrogens with zero attached hydrogens (tertiary/aromatic N) is 2. The van der Waals surface area contributed by atoms with Crippen molar-refractivity contribution < 1.29 is 47.9 Å². The van der Waals surface area contributed by atoms with E-state index in [1.807, 2.05) is 6.92 Å². The summed E-state index contributed by atoms with van der Waals surface area (Å²) in [6, 6.07) is -0.506. The summed E-state index contributed by atoms with van der Waals surface area (Å²) >= 11 is 0. The second-order valence-corrected chi connectivity index (χ2v) is 9.90. The maximum Gasteiger partial charge on any atom is 0.267 e. The Hall–Kier alpha value is -5.29. The lowest BCUT2D eigenvalue weighted by Gasteiger charge is -2.17. The van der Waals surface area contributed by atoms with Gasteiger partial charge in [0.15, 0.2) is 5.78 Å². The van der Waals surface area contributed by atoms with Crippen LogP contribution in [-0.2, 0) is 47.9 Å². The summed E-state index contributed by atoms with van der Waals surface area (Å²) in [4.78, 5) is 107. The van der Waals surface area contributed by atoms with E-state index >= 15 is 0 Å². The number of rotatable bonds is 18. The molecule has 2 aliphatic rings. The molecule has 0 aliphatic carbocycles. The molecule has 0 aromatic heterocycles. The predicted molar refractivity (Wildman–Crippen MR) is 166 cm³/mol. The first kappa shape index (κ1) is 39.7. The van der Waals surface area contributed by atoms with Crippen molar-refractivity contribution >= 4 is 53.0 Å². The molecule has 0 aromatic rings. The molecule has 0 radical (unpaired) electrons. The summed E-state index contributed by atoms with van der Waals surface area (Å²) in [6.07, 6.45) is 3.79. The van der Waals surface area contributed by atoms with Crippen LogP contribution in [0.1, 0.15) is 33.6 Å². The van der Waals surface area contributed by atoms with Crippen LogP contribution in [0.2, 0.25) is 0 Å². The van der Waals surface area contributed by atoms with Crippen molar-refractivity contribution in [1.82, 2.24) is 36.4 Å². The fraction of sp³-hybridized carbons (Fsp3) is 0.433. The van der Waals surface area contributed by atoms with Gasteiger partial charge < -0.3 is 31.3 Å². The maximum atomic E-state index is 12.2. The number of imide groups is 2. The molecule has 47 heavy (non-hydrogen) atoms. The molecule has 0 bridgehead atoms. The minimum Gasteiger partial charge on any atom is -0.371 e. The number of ether oxygens (including phenoxy) is 1. The van der Waals surface area contributed by atoms with Gasteiger partial charge in [0.05, 0.1) is 0 Å². The number of hydrogen-bond acceptors (Lipinski definition) is 11. The van der Waals surface area contributed by atoms with Crippen molar-refractivity contribution in [3.05, 3.63) is 48.9 Å². The van der Waals surface area contributed by atoms with Crippen LogP contribution in [0.5, 0.6) is 0 Å². The van der Waals surface area contributed by atoms with Gasteiger partial charge in [0.25, 0.3) is 35.4 Å². The Kier molecular flexibility index (Phi) is 16.9. The average Bonchev–Trinajstić information content (AvgIpc) is 3.54. The van der Waals surface area contributed by atoms with E-state index in [0.717, 1.165) is 24.3 Å². The molecule has 0 saturated heterocycles. The second-order valence-electron chi connectivity index (χ2n) is 9.90. The maximum absolute atomic E-state index is 12.2. The zero-order chi connectivity index (χ0) is 35.7. The molecule has 1 atom stereocenters. The number of hydrogen-bond donors (Lipinski definition) is 5. The zero-order valence-electron chi connectivity index (χ0n) is 26.8. The van der Waals surface area contributed by atoms with Crippen LogP contribution in [-0.4, -0.2) is 115 Å². The molecule has 256 valence electrons. The number of amides is 8. The third-order valence-corrected chi connectivity index (χ3v) is 6.41. The molecule has 1 unspecified atom stereocenters. The molecule has 8 amide bonds. The Bertz CT molecular complexity index is 1230. The van der Waals surface area contributed by atoms with Crippen LogP contribution in [0.25, 0.3) is 0 Å². The first-order chi connectivity index (χ1) is 22.1. The van der Waals surface area contributed by atoms with Crippen LogP contribution in [0.4, 0.5) is 0 Å². The van der Waals surface area contributed by atoms with Crippen LogP contribution >= 0.6 is 0 Å². The molecule has 2 heterocycles. The van der Waals surface area contributed by atoms with Gasteiger partial charge in [0.2, 0.25) is 11.8 Å². The molecular formula is C30H41N7O10. The van der Waals surface area contributed by atoms with Gasteiger partial charge in [-0.3, -0.25) is 43.2 Å². The molecule has 0 saturated carbocycles. The Balaban J connectivity index is 0.00000122. The van der Waals surface area contributed by atoms with E-state index in [1.165, 1.54) is 6.92 Å². The summed E-state index contributed by atoms with van der Waals surface area (Å²) in [6.45, 7) is 12.8. The van der Waals surface area contributed by atoms with Gasteiger partial charge in [-0.1, -0.05) is 13.2 Å². The third-order valence-electron chi connectivity index (χ3n) is 6.41. The number of carbonyl (C=O) groups excluding carboxylic acids is 9. The summed E-state index contributed by atoms with van der Waals surface area (Å²) in [7, 11) is 1.58. The van der Waals surface area contributed by atoms with Crippen molar-refractivity contribution in [2.45, 2.75) is 45.8 Å². The minimum absolute atomic E-state index is 0.00663. The van der Waals surface area contributed by atoms with E-state index in [9.17, 15) is 43.2 Å². The smallest absolute Gasteiger partial charge is 0.267 e. The van der Waals surface area contributed by atoms with Crippen molar-refractivity contribution in [3.8, 4) is 0 Å². The van der Waals surface area contributed by atoms with E-state index < -0.39 is 53.3 Å². The van der Waals surface area contributed by atoms with Crippen LogP contribution in [0, 0.1) is 0 Å². The molecular weight excluding hydrogens is 618 g/mol. The Morgan fingerprint density at radius 1 is 0.702 bits per heavy atom. The van der Waals surface area contributed by atoms with Crippen molar-refractivity contribution in [2.75, 3.05) is 39.8 Å². The van der Waals surface area contributed by atoms with Gasteiger partial charge in [-0.15, -0.1) is 0 Å². The number of ketones is 1. The summed E-state index contributed by atoms with van der Waals surface area (Å²) in [5, 5.41) is 12.9. The highest BCUT2D eigenvalue weighted by molar-refractivity contribution is 6.18. The van der Waals surface area contributed by atoms with E-state index in [0.29, 0.717) is 16.4 Å². The fourth-order valence-corrected chi connectivity index (χ4v) is 3.73. The molecule has 2 aliphatic heterocycles. The molecule has 0 aromatic carbocycles. The van der Waals surface area contributed by atoms with Gasteiger partial charge in [-0.05, 0) is 27.8 Å². The summed E-state index contributed by atoms with van der Waals surface area (Å²) in [5.41, 5.74) is -0.664. The topological polar surface area (TPSA) is 229 Å². The normalized spacial score (nSPS) is 14.1. The number of nitrogens with one attached hydrogen (secondary N) is 5. The van der Waals surface area contributed by atoms with Gasteiger partial charge in [0, 0.05) is 76.0 Å². The fourth-order valence-electron chi connectivity index (χ4n) is 3.73. The molecule has 17 heteroatoms. The standard InChI is InChI=1S/C24H29N7O8.C6H12O2/c1-14(30-19(34)4-5-20(30)35)23(38)28-10-8-26-17(32)12-16(25-3)13-18(33)27-9-11-29-24(39)15(2)31-21(36)6-7-22(31)37;1-4-8-6(3)5(2)7/h4-7,16,25H,1-2,8-13H2,3H3,(H,26,32)(H,27,33)(H,28,38)(H,29,39);6H,4H2,1-3H3. The largest absolute Gasteiger partial charge is 0.371 e. The van der Waals surface area contributed by atoms with E-state index in [2.05, 4.69) is 39.7 Å². The van der Waals surface area contributed by atoms with Gasteiger partial charge in [0.1, 0.15) is 17.5 Å². The summed E-state index contributed by atoms with van der Waals surface area (Å²) in [5.74, 6) is -4.86. The lowest BCUT2D eigenvalue weighted by Crippen LogP contribution is -2.43. The predicted octanol–water partition coefficient (Wildman–Crippen LogP) is -2.30. The number of Topliss-reactive ketones (excluding diaryl/α,β-unsaturated/α-hetero) is 1. The highest BCUT2D eigenvalue weighted by Crippen LogP contribution is 2.11. The highest BCUT2D eigenvalue weighted by atomic mass is 16.5. The lowest BCUT2D eigenvalue weighted by molar-refractivity contribution is -0.138. The summed E-state index contributed by atoms with van der Waals surface area (Å²) < 4.78 is 4.95. The Morgan fingerprint density at radius 3 is 1.32 bits per heavy atom.